The summed E-state index contributed by atoms with van der Waals surface area (Å²) in [6.45, 7) is -1.70. The van der Waals surface area contributed by atoms with Gasteiger partial charge in [-0.1, -0.05) is 12.1 Å². The van der Waals surface area contributed by atoms with E-state index >= 15 is 0 Å². The number of nitrogens with zero attached hydrogens (tertiary/aromatic N) is 4. The SMILES string of the molecule is N#Cc1cc(-c2ccnc(NC(=O)[C@H]3C[C@@H]3c3cccnc3)c2)ccc1O[C@H]1CCN(C(=O)CO)CC1(F)F. The van der Waals surface area contributed by atoms with Crippen molar-refractivity contribution in [1.29, 1.82) is 5.26 Å². The molecule has 5 rings (SSSR count). The van der Waals surface area contributed by atoms with Gasteiger partial charge in [0.05, 0.1) is 12.1 Å². The molecule has 0 radical (unpaired) electrons. The van der Waals surface area contributed by atoms with E-state index in [9.17, 15) is 23.6 Å². The van der Waals surface area contributed by atoms with Gasteiger partial charge in [0, 0.05) is 37.5 Å². The van der Waals surface area contributed by atoms with Crippen molar-refractivity contribution in [1.82, 2.24) is 14.9 Å². The van der Waals surface area contributed by atoms with Crippen molar-refractivity contribution in [3.63, 3.8) is 0 Å². The number of halogens is 2. The minimum atomic E-state index is -3.36. The van der Waals surface area contributed by atoms with E-state index in [2.05, 4.69) is 15.3 Å². The Morgan fingerprint density at radius 1 is 1.21 bits per heavy atom. The van der Waals surface area contributed by atoms with Gasteiger partial charge >= 0.3 is 5.92 Å². The zero-order chi connectivity index (χ0) is 27.6. The number of amides is 2. The highest BCUT2D eigenvalue weighted by molar-refractivity contribution is 5.95. The summed E-state index contributed by atoms with van der Waals surface area (Å²) in [6, 6.07) is 13.8. The third kappa shape index (κ3) is 5.71. The van der Waals surface area contributed by atoms with Gasteiger partial charge in [-0.2, -0.15) is 5.26 Å². The fourth-order valence-corrected chi connectivity index (χ4v) is 4.78. The van der Waals surface area contributed by atoms with Crippen LogP contribution in [0.4, 0.5) is 14.6 Å². The molecular formula is C28H25F2N5O4. The van der Waals surface area contributed by atoms with Crippen LogP contribution in [-0.2, 0) is 9.59 Å². The van der Waals surface area contributed by atoms with Crippen LogP contribution in [0.2, 0.25) is 0 Å². The summed E-state index contributed by atoms with van der Waals surface area (Å²) in [4.78, 5) is 33.6. The van der Waals surface area contributed by atoms with Gasteiger partial charge in [0.1, 0.15) is 24.2 Å². The smallest absolute Gasteiger partial charge is 0.301 e. The van der Waals surface area contributed by atoms with Crippen molar-refractivity contribution >= 4 is 17.6 Å². The van der Waals surface area contributed by atoms with Crippen LogP contribution in [-0.4, -0.2) is 63.5 Å². The van der Waals surface area contributed by atoms with Crippen molar-refractivity contribution in [3.05, 3.63) is 72.2 Å². The van der Waals surface area contributed by atoms with Crippen molar-refractivity contribution < 1.29 is 28.2 Å². The number of carbonyl (C=O) groups is 2. The van der Waals surface area contributed by atoms with Gasteiger partial charge in [-0.05, 0) is 59.4 Å². The van der Waals surface area contributed by atoms with Crippen molar-refractivity contribution in [2.75, 3.05) is 25.0 Å². The molecule has 2 fully saturated rings. The molecule has 3 atom stereocenters. The van der Waals surface area contributed by atoms with E-state index in [1.165, 1.54) is 18.3 Å². The predicted molar refractivity (Wildman–Crippen MR) is 136 cm³/mol. The maximum absolute atomic E-state index is 14.7. The number of aromatic nitrogens is 2. The molecule has 2 aliphatic rings. The van der Waals surface area contributed by atoms with Crippen molar-refractivity contribution in [2.45, 2.75) is 30.8 Å². The molecule has 1 saturated heterocycles. The lowest BCUT2D eigenvalue weighted by molar-refractivity contribution is -0.161. The first-order valence-corrected chi connectivity index (χ1v) is 12.4. The molecule has 2 amide bonds. The topological polar surface area (TPSA) is 128 Å². The van der Waals surface area contributed by atoms with Gasteiger partial charge in [0.25, 0.3) is 0 Å². The Labute approximate surface area is 223 Å². The normalized spacial score (nSPS) is 21.5. The molecule has 3 aromatic rings. The highest BCUT2D eigenvalue weighted by Gasteiger charge is 2.48. The van der Waals surface area contributed by atoms with Crippen LogP contribution >= 0.6 is 0 Å². The van der Waals surface area contributed by atoms with E-state index in [1.54, 1.807) is 30.6 Å². The summed E-state index contributed by atoms with van der Waals surface area (Å²) < 4.78 is 34.9. The molecule has 0 spiro atoms. The molecule has 39 heavy (non-hydrogen) atoms. The molecular weight excluding hydrogens is 508 g/mol. The molecule has 3 heterocycles. The number of likely N-dealkylation sites (tertiary alicyclic amines) is 1. The Hall–Kier alpha value is -4.43. The first-order chi connectivity index (χ1) is 18.8. The van der Waals surface area contributed by atoms with Gasteiger partial charge in [-0.25, -0.2) is 13.8 Å². The molecule has 1 aliphatic carbocycles. The lowest BCUT2D eigenvalue weighted by Gasteiger charge is -2.38. The fourth-order valence-electron chi connectivity index (χ4n) is 4.78. The van der Waals surface area contributed by atoms with Crippen LogP contribution in [0.15, 0.2) is 61.1 Å². The van der Waals surface area contributed by atoms with Crippen LogP contribution in [0.3, 0.4) is 0 Å². The molecule has 200 valence electrons. The Balaban J connectivity index is 1.27. The molecule has 1 saturated carbocycles. The maximum Gasteiger partial charge on any atom is 0.301 e. The summed E-state index contributed by atoms with van der Waals surface area (Å²) in [5.74, 6) is -3.93. The number of carbonyl (C=O) groups excluding carboxylic acids is 2. The van der Waals surface area contributed by atoms with Gasteiger partial charge in [0.2, 0.25) is 11.8 Å². The number of piperidine rings is 1. The molecule has 1 aromatic carbocycles. The molecule has 2 aromatic heterocycles. The number of nitrogens with one attached hydrogen (secondary N) is 1. The predicted octanol–water partition coefficient (Wildman–Crippen LogP) is 3.36. The molecule has 11 heteroatoms. The zero-order valence-corrected chi connectivity index (χ0v) is 20.8. The van der Waals surface area contributed by atoms with E-state index < -0.39 is 31.1 Å². The first kappa shape index (κ1) is 26.2. The number of rotatable bonds is 7. The van der Waals surface area contributed by atoms with Gasteiger partial charge in [0.15, 0.2) is 6.10 Å². The Kier molecular flexibility index (Phi) is 7.21. The minimum Gasteiger partial charge on any atom is -0.483 e. The number of hydrogen-bond donors (Lipinski definition) is 2. The number of aliphatic hydroxyl groups is 1. The number of alkyl halides is 2. The summed E-state index contributed by atoms with van der Waals surface area (Å²) >= 11 is 0. The second-order valence-corrected chi connectivity index (χ2v) is 9.61. The minimum absolute atomic E-state index is 0.00520. The van der Waals surface area contributed by atoms with Crippen molar-refractivity contribution in [2.24, 2.45) is 5.92 Å². The average molecular weight is 534 g/mol. The van der Waals surface area contributed by atoms with Crippen molar-refractivity contribution in [3.8, 4) is 22.9 Å². The number of ether oxygens (including phenoxy) is 1. The van der Waals surface area contributed by atoms with E-state index in [-0.39, 0.29) is 42.0 Å². The molecule has 1 aliphatic heterocycles. The summed E-state index contributed by atoms with van der Waals surface area (Å²) in [7, 11) is 0. The standard InChI is InChI=1S/C28H25F2N5O4/c29-28(30)16-35(26(37)15-36)9-6-24(28)39-23-4-3-17(10-20(23)13-31)18-5-8-33-25(11-18)34-27(38)22-12-21(22)19-2-1-7-32-14-19/h1-5,7-8,10-11,14,21-22,24,36H,6,9,12,15-16H2,(H,33,34,38)/t21-,22+,24+/m1/s1. The average Bonchev–Trinajstić information content (AvgIpc) is 3.76. The van der Waals surface area contributed by atoms with Gasteiger partial charge in [-0.15, -0.1) is 0 Å². The largest absolute Gasteiger partial charge is 0.483 e. The van der Waals surface area contributed by atoms with Gasteiger partial charge < -0.3 is 20.1 Å². The van der Waals surface area contributed by atoms with Crippen LogP contribution < -0.4 is 10.1 Å². The van der Waals surface area contributed by atoms with E-state index in [0.717, 1.165) is 16.9 Å². The lowest BCUT2D eigenvalue weighted by Crippen LogP contribution is -2.55. The maximum atomic E-state index is 14.7. The second-order valence-electron chi connectivity index (χ2n) is 9.61. The summed E-state index contributed by atoms with van der Waals surface area (Å²) in [5, 5.41) is 21.5. The molecule has 0 unspecified atom stereocenters. The highest BCUT2D eigenvalue weighted by Crippen LogP contribution is 2.47. The van der Waals surface area contributed by atoms with E-state index in [1.807, 2.05) is 18.2 Å². The number of hydrogen-bond acceptors (Lipinski definition) is 7. The number of nitriles is 1. The Morgan fingerprint density at radius 2 is 2.03 bits per heavy atom. The monoisotopic (exact) mass is 533 g/mol. The number of benzene rings is 1. The summed E-state index contributed by atoms with van der Waals surface area (Å²) in [6.07, 6.45) is 4.04. The van der Waals surface area contributed by atoms with Crippen LogP contribution in [0.5, 0.6) is 5.75 Å². The van der Waals surface area contributed by atoms with Gasteiger partial charge in [-0.3, -0.25) is 14.6 Å². The van der Waals surface area contributed by atoms with Crippen LogP contribution in [0, 0.1) is 17.2 Å². The number of anilines is 1. The molecule has 0 bridgehead atoms. The Morgan fingerprint density at radius 3 is 2.74 bits per heavy atom. The highest BCUT2D eigenvalue weighted by atomic mass is 19.3. The van der Waals surface area contributed by atoms with Crippen LogP contribution in [0.25, 0.3) is 11.1 Å². The number of aliphatic hydroxyl groups excluding tert-OH is 1. The molecule has 9 nitrogen and oxygen atoms in total. The van der Waals surface area contributed by atoms with Crippen LogP contribution in [0.1, 0.15) is 29.9 Å². The third-order valence-corrected chi connectivity index (χ3v) is 6.98. The van der Waals surface area contributed by atoms with E-state index in [0.29, 0.717) is 16.9 Å². The first-order valence-electron chi connectivity index (χ1n) is 12.4. The second kappa shape index (κ2) is 10.7. The van der Waals surface area contributed by atoms with E-state index in [4.69, 9.17) is 9.84 Å². The lowest BCUT2D eigenvalue weighted by atomic mass is 10.0. The summed E-state index contributed by atoms with van der Waals surface area (Å²) in [5.41, 5.74) is 2.38. The quantitative estimate of drug-likeness (QED) is 0.477. The fraction of sp³-hybridized carbons (Fsp3) is 0.321. The zero-order valence-electron chi connectivity index (χ0n) is 20.8. The Bertz CT molecular complexity index is 1430. The molecule has 2 N–H and O–H groups in total. The number of pyridine rings is 2. The third-order valence-electron chi connectivity index (χ3n) is 6.98.